The van der Waals surface area contributed by atoms with Crippen LogP contribution in [0.25, 0.3) is 16.4 Å². The van der Waals surface area contributed by atoms with Crippen LogP contribution in [0.3, 0.4) is 0 Å². The van der Waals surface area contributed by atoms with Gasteiger partial charge in [-0.1, -0.05) is 30.3 Å². The largest absolute Gasteiger partial charge is 0.478 e. The molecule has 1 amide bonds. The molecule has 1 saturated heterocycles. The van der Waals surface area contributed by atoms with Crippen molar-refractivity contribution in [3.05, 3.63) is 87.6 Å². The van der Waals surface area contributed by atoms with E-state index in [-0.39, 0.29) is 5.56 Å². The van der Waals surface area contributed by atoms with Gasteiger partial charge in [-0.05, 0) is 93.2 Å². The van der Waals surface area contributed by atoms with Crippen molar-refractivity contribution >= 4 is 23.2 Å². The van der Waals surface area contributed by atoms with E-state index in [1.807, 2.05) is 18.2 Å². The van der Waals surface area contributed by atoms with Gasteiger partial charge in [-0.15, -0.1) is 11.3 Å². The summed E-state index contributed by atoms with van der Waals surface area (Å²) >= 11 is 1.74. The molecule has 0 radical (unpaired) electrons. The lowest BCUT2D eigenvalue weighted by molar-refractivity contribution is -0.133. The summed E-state index contributed by atoms with van der Waals surface area (Å²) in [5.41, 5.74) is 5.58. The number of rotatable bonds is 8. The summed E-state index contributed by atoms with van der Waals surface area (Å²) in [6.07, 6.45) is 7.49. The Kier molecular flexibility index (Phi) is 7.27. The highest BCUT2D eigenvalue weighted by atomic mass is 32.1. The third-order valence-electron chi connectivity index (χ3n) is 8.22. The average molecular weight is 555 g/mol. The van der Waals surface area contributed by atoms with Crippen molar-refractivity contribution < 1.29 is 14.7 Å². The predicted molar refractivity (Wildman–Crippen MR) is 156 cm³/mol. The van der Waals surface area contributed by atoms with Gasteiger partial charge in [-0.2, -0.15) is 5.10 Å². The van der Waals surface area contributed by atoms with Gasteiger partial charge in [-0.25, -0.2) is 14.5 Å². The van der Waals surface area contributed by atoms with Crippen LogP contribution in [0.4, 0.5) is 0 Å². The lowest BCUT2D eigenvalue weighted by Crippen LogP contribution is -2.38. The fraction of sp³-hybridized carbons (Fsp3) is 0.375. The Labute approximate surface area is 238 Å². The Morgan fingerprint density at radius 1 is 1.00 bits per heavy atom. The van der Waals surface area contributed by atoms with Gasteiger partial charge >= 0.3 is 5.97 Å². The molecule has 206 valence electrons. The highest BCUT2D eigenvalue weighted by Crippen LogP contribution is 2.35. The minimum absolute atomic E-state index is 0.181. The zero-order chi connectivity index (χ0) is 27.8. The lowest BCUT2D eigenvalue weighted by Gasteiger charge is -2.32. The molecule has 1 aliphatic heterocycles. The molecular formula is C32H34N4O3S. The van der Waals surface area contributed by atoms with Crippen LogP contribution < -0.4 is 0 Å². The summed E-state index contributed by atoms with van der Waals surface area (Å²) in [6.45, 7) is 5.64. The van der Waals surface area contributed by atoms with Crippen molar-refractivity contribution in [2.75, 3.05) is 13.1 Å². The number of pyridine rings is 1. The van der Waals surface area contributed by atoms with E-state index >= 15 is 0 Å². The predicted octanol–water partition coefficient (Wildman–Crippen LogP) is 6.21. The fourth-order valence-electron chi connectivity index (χ4n) is 5.74. The summed E-state index contributed by atoms with van der Waals surface area (Å²) in [7, 11) is 0. The van der Waals surface area contributed by atoms with Gasteiger partial charge in [0.25, 0.3) is 0 Å². The minimum Gasteiger partial charge on any atom is -0.478 e. The van der Waals surface area contributed by atoms with Crippen LogP contribution in [0.1, 0.15) is 69.2 Å². The molecule has 3 aromatic heterocycles. The number of carbonyl (C=O) groups excluding carboxylic acids is 1. The zero-order valence-corrected chi connectivity index (χ0v) is 23.8. The average Bonchev–Trinajstić information content (AvgIpc) is 3.65. The van der Waals surface area contributed by atoms with Gasteiger partial charge in [0, 0.05) is 23.9 Å². The van der Waals surface area contributed by atoms with Crippen molar-refractivity contribution in [1.82, 2.24) is 19.7 Å². The van der Waals surface area contributed by atoms with E-state index in [1.54, 1.807) is 22.9 Å². The van der Waals surface area contributed by atoms with Crippen LogP contribution in [-0.4, -0.2) is 49.7 Å². The van der Waals surface area contributed by atoms with Gasteiger partial charge in [0.05, 0.1) is 22.5 Å². The smallest absolute Gasteiger partial charge is 0.339 e. The molecule has 1 aromatic carbocycles. The van der Waals surface area contributed by atoms with Crippen molar-refractivity contribution in [2.24, 2.45) is 5.92 Å². The number of aromatic nitrogens is 3. The van der Waals surface area contributed by atoms with Gasteiger partial charge in [0.15, 0.2) is 5.82 Å². The first-order chi connectivity index (χ1) is 19.4. The molecule has 0 unspecified atom stereocenters. The number of piperidine rings is 1. The van der Waals surface area contributed by atoms with Crippen LogP contribution >= 0.6 is 11.3 Å². The summed E-state index contributed by atoms with van der Waals surface area (Å²) in [6, 6.07) is 17.1. The van der Waals surface area contributed by atoms with Gasteiger partial charge in [0.2, 0.25) is 5.91 Å². The number of amides is 1. The number of carboxylic acid groups (broad SMARTS) is 1. The standard InChI is InChI=1S/C32H34N4O3S/c1-20-18-26(30(40-20)28-4-3-5-29(34-28)36-21(2)27(19-33-36)32(38)39)11-8-22-6-9-23(10-7-22)24-14-16-35(17-15-24)31(37)25-12-13-25/h3-7,9-10,18-19,24-25H,8,11-17H2,1-2H3,(H,38,39). The molecule has 4 heterocycles. The molecule has 4 aromatic rings. The number of hydrogen-bond acceptors (Lipinski definition) is 5. The molecule has 0 atom stereocenters. The summed E-state index contributed by atoms with van der Waals surface area (Å²) in [4.78, 5) is 33.2. The first-order valence-electron chi connectivity index (χ1n) is 14.1. The fourth-order valence-corrected chi connectivity index (χ4v) is 6.78. The quantitative estimate of drug-likeness (QED) is 0.280. The molecule has 1 aliphatic carbocycles. The van der Waals surface area contributed by atoms with Crippen LogP contribution in [0.15, 0.2) is 54.7 Å². The van der Waals surface area contributed by atoms with Crippen LogP contribution in [-0.2, 0) is 17.6 Å². The lowest BCUT2D eigenvalue weighted by atomic mass is 9.88. The number of carboxylic acids is 1. The Bertz CT molecular complexity index is 1540. The van der Waals surface area contributed by atoms with E-state index in [0.717, 1.165) is 62.2 Å². The van der Waals surface area contributed by atoms with E-state index < -0.39 is 5.97 Å². The SMILES string of the molecule is Cc1cc(CCc2ccc(C3CCN(C(=O)C4CC4)CC3)cc2)c(-c2cccc(-n3ncc(C(=O)O)c3C)n2)s1. The second-order valence-corrected chi connectivity index (χ2v) is 12.3. The Balaban J connectivity index is 1.12. The molecule has 1 saturated carbocycles. The maximum absolute atomic E-state index is 12.4. The first-order valence-corrected chi connectivity index (χ1v) is 14.9. The van der Waals surface area contributed by atoms with Crippen LogP contribution in [0, 0.1) is 19.8 Å². The third kappa shape index (κ3) is 5.45. The van der Waals surface area contributed by atoms with E-state index in [0.29, 0.717) is 29.3 Å². The van der Waals surface area contributed by atoms with Crippen molar-refractivity contribution in [1.29, 1.82) is 0 Å². The van der Waals surface area contributed by atoms with Crippen molar-refractivity contribution in [2.45, 2.75) is 58.3 Å². The van der Waals surface area contributed by atoms with E-state index in [9.17, 15) is 14.7 Å². The molecular weight excluding hydrogens is 520 g/mol. The van der Waals surface area contributed by atoms with Gasteiger partial charge < -0.3 is 10.0 Å². The van der Waals surface area contributed by atoms with Crippen LogP contribution in [0.2, 0.25) is 0 Å². The number of thiophene rings is 1. The second-order valence-electron chi connectivity index (χ2n) is 11.1. The number of likely N-dealkylation sites (tertiary alicyclic amines) is 1. The molecule has 1 N–H and O–H groups in total. The maximum atomic E-state index is 12.4. The monoisotopic (exact) mass is 554 g/mol. The number of aryl methyl sites for hydroxylation is 3. The molecule has 2 fully saturated rings. The van der Waals surface area contributed by atoms with Gasteiger partial charge in [-0.3, -0.25) is 4.79 Å². The number of benzene rings is 1. The second kappa shape index (κ2) is 11.0. The third-order valence-corrected chi connectivity index (χ3v) is 9.34. The van der Waals surface area contributed by atoms with E-state index in [2.05, 4.69) is 47.3 Å². The Hall–Kier alpha value is -3.78. The van der Waals surface area contributed by atoms with Crippen molar-refractivity contribution in [3.8, 4) is 16.4 Å². The Morgan fingerprint density at radius 3 is 2.42 bits per heavy atom. The number of nitrogens with zero attached hydrogens (tertiary/aromatic N) is 4. The molecule has 7 nitrogen and oxygen atoms in total. The van der Waals surface area contributed by atoms with Crippen LogP contribution in [0.5, 0.6) is 0 Å². The molecule has 6 rings (SSSR count). The molecule has 2 aliphatic rings. The van der Waals surface area contributed by atoms with Gasteiger partial charge in [0.1, 0.15) is 5.56 Å². The first kappa shape index (κ1) is 26.4. The van der Waals surface area contributed by atoms with E-state index in [1.165, 1.54) is 27.8 Å². The molecule has 0 bridgehead atoms. The highest BCUT2D eigenvalue weighted by Gasteiger charge is 2.35. The molecule has 40 heavy (non-hydrogen) atoms. The highest BCUT2D eigenvalue weighted by molar-refractivity contribution is 7.15. The summed E-state index contributed by atoms with van der Waals surface area (Å²) in [5.74, 6) is 0.845. The minimum atomic E-state index is -0.991. The van der Waals surface area contributed by atoms with E-state index in [4.69, 9.17) is 4.98 Å². The molecule has 8 heteroatoms. The number of carbonyl (C=O) groups is 2. The zero-order valence-electron chi connectivity index (χ0n) is 23.0. The topological polar surface area (TPSA) is 88.3 Å². The summed E-state index contributed by atoms with van der Waals surface area (Å²) in [5, 5.41) is 13.7. The summed E-state index contributed by atoms with van der Waals surface area (Å²) < 4.78 is 1.59. The normalized spacial score (nSPS) is 15.9. The molecule has 0 spiro atoms. The van der Waals surface area contributed by atoms with Crippen molar-refractivity contribution in [3.63, 3.8) is 0 Å². The Morgan fingerprint density at radius 2 is 1.75 bits per heavy atom. The number of aromatic carboxylic acids is 1. The number of hydrogen-bond donors (Lipinski definition) is 1. The maximum Gasteiger partial charge on any atom is 0.339 e.